The third kappa shape index (κ3) is 3.80. The maximum absolute atomic E-state index is 5.85. The van der Waals surface area contributed by atoms with Gasteiger partial charge in [0.1, 0.15) is 5.01 Å². The fraction of sp³-hybridized carbons (Fsp3) is 0.357. The first-order valence-corrected chi connectivity index (χ1v) is 7.22. The second-order valence-corrected chi connectivity index (χ2v) is 6.03. The molecule has 1 N–H and O–H groups in total. The van der Waals surface area contributed by atoms with Gasteiger partial charge in [-0.1, -0.05) is 23.7 Å². The van der Waals surface area contributed by atoms with Crippen LogP contribution in [0.15, 0.2) is 24.3 Å². The SMILES string of the molecule is Cc1nc(CNCCc2ccc(Cl)cc2)sc1C. The van der Waals surface area contributed by atoms with Gasteiger partial charge < -0.3 is 5.32 Å². The number of benzene rings is 1. The Morgan fingerprint density at radius 1 is 1.22 bits per heavy atom. The van der Waals surface area contributed by atoms with Crippen molar-refractivity contribution in [2.24, 2.45) is 0 Å². The lowest BCUT2D eigenvalue weighted by Gasteiger charge is -2.03. The van der Waals surface area contributed by atoms with Crippen molar-refractivity contribution in [2.45, 2.75) is 26.8 Å². The molecule has 96 valence electrons. The van der Waals surface area contributed by atoms with Crippen molar-refractivity contribution in [3.63, 3.8) is 0 Å². The van der Waals surface area contributed by atoms with Gasteiger partial charge in [0.25, 0.3) is 0 Å². The van der Waals surface area contributed by atoms with Crippen molar-refractivity contribution in [1.29, 1.82) is 0 Å². The highest BCUT2D eigenvalue weighted by atomic mass is 35.5. The number of hydrogen-bond donors (Lipinski definition) is 1. The first-order valence-electron chi connectivity index (χ1n) is 6.03. The summed E-state index contributed by atoms with van der Waals surface area (Å²) in [6.45, 7) is 5.99. The van der Waals surface area contributed by atoms with Gasteiger partial charge in [0.15, 0.2) is 0 Å². The number of aromatic nitrogens is 1. The van der Waals surface area contributed by atoms with Crippen molar-refractivity contribution in [2.75, 3.05) is 6.54 Å². The van der Waals surface area contributed by atoms with Crippen molar-refractivity contribution in [3.05, 3.63) is 50.4 Å². The molecule has 0 aliphatic heterocycles. The lowest BCUT2D eigenvalue weighted by molar-refractivity contribution is 0.683. The summed E-state index contributed by atoms with van der Waals surface area (Å²) in [4.78, 5) is 5.81. The summed E-state index contributed by atoms with van der Waals surface area (Å²) in [5, 5.41) is 5.38. The van der Waals surface area contributed by atoms with Crippen LogP contribution in [0.1, 0.15) is 21.1 Å². The predicted octanol–water partition coefficient (Wildman–Crippen LogP) is 3.75. The van der Waals surface area contributed by atoms with Gasteiger partial charge in [0, 0.05) is 16.4 Å². The molecule has 0 spiro atoms. The van der Waals surface area contributed by atoms with E-state index in [1.165, 1.54) is 15.4 Å². The Kier molecular flexibility index (Phi) is 4.75. The van der Waals surface area contributed by atoms with E-state index >= 15 is 0 Å². The third-order valence-electron chi connectivity index (χ3n) is 2.85. The fourth-order valence-electron chi connectivity index (χ4n) is 1.69. The number of nitrogens with one attached hydrogen (secondary N) is 1. The molecule has 1 aromatic heterocycles. The van der Waals surface area contributed by atoms with Crippen LogP contribution >= 0.6 is 22.9 Å². The van der Waals surface area contributed by atoms with Crippen molar-refractivity contribution < 1.29 is 0 Å². The van der Waals surface area contributed by atoms with Crippen LogP contribution in [0.5, 0.6) is 0 Å². The van der Waals surface area contributed by atoms with E-state index in [2.05, 4.69) is 36.3 Å². The van der Waals surface area contributed by atoms with Gasteiger partial charge in [-0.05, 0) is 44.5 Å². The van der Waals surface area contributed by atoms with Crippen LogP contribution in [0.4, 0.5) is 0 Å². The smallest absolute Gasteiger partial charge is 0.107 e. The van der Waals surface area contributed by atoms with Gasteiger partial charge in [-0.3, -0.25) is 0 Å². The minimum Gasteiger partial charge on any atom is -0.310 e. The van der Waals surface area contributed by atoms with Crippen LogP contribution in [0, 0.1) is 13.8 Å². The van der Waals surface area contributed by atoms with E-state index in [0.717, 1.165) is 30.2 Å². The largest absolute Gasteiger partial charge is 0.310 e. The summed E-state index contributed by atoms with van der Waals surface area (Å²) < 4.78 is 0. The summed E-state index contributed by atoms with van der Waals surface area (Å²) >= 11 is 7.62. The van der Waals surface area contributed by atoms with Gasteiger partial charge in [0.2, 0.25) is 0 Å². The van der Waals surface area contributed by atoms with Crippen LogP contribution in [0.25, 0.3) is 0 Å². The number of nitrogens with zero attached hydrogens (tertiary/aromatic N) is 1. The van der Waals surface area contributed by atoms with E-state index in [4.69, 9.17) is 11.6 Å². The normalized spacial score (nSPS) is 10.8. The highest BCUT2D eigenvalue weighted by Crippen LogP contribution is 2.16. The van der Waals surface area contributed by atoms with Crippen LogP contribution in [-0.2, 0) is 13.0 Å². The molecule has 2 aromatic rings. The van der Waals surface area contributed by atoms with Crippen molar-refractivity contribution >= 4 is 22.9 Å². The second-order valence-electron chi connectivity index (χ2n) is 4.30. The van der Waals surface area contributed by atoms with Crippen LogP contribution in [0.2, 0.25) is 5.02 Å². The van der Waals surface area contributed by atoms with E-state index in [1.807, 2.05) is 12.1 Å². The summed E-state index contributed by atoms with van der Waals surface area (Å²) in [5.74, 6) is 0. The van der Waals surface area contributed by atoms with E-state index < -0.39 is 0 Å². The highest BCUT2D eigenvalue weighted by molar-refractivity contribution is 7.11. The quantitative estimate of drug-likeness (QED) is 0.844. The molecule has 0 unspecified atom stereocenters. The standard InChI is InChI=1S/C14H17ClN2S/c1-10-11(2)18-14(17-10)9-16-8-7-12-3-5-13(15)6-4-12/h3-6,16H,7-9H2,1-2H3. The summed E-state index contributed by atoms with van der Waals surface area (Å²) in [6, 6.07) is 8.01. The molecule has 2 rings (SSSR count). The molecule has 0 amide bonds. The fourth-order valence-corrected chi connectivity index (χ4v) is 2.72. The lowest BCUT2D eigenvalue weighted by atomic mass is 10.1. The maximum Gasteiger partial charge on any atom is 0.107 e. The van der Waals surface area contributed by atoms with E-state index in [0.29, 0.717) is 0 Å². The first kappa shape index (κ1) is 13.5. The summed E-state index contributed by atoms with van der Waals surface area (Å²) in [7, 11) is 0. The first-order chi connectivity index (χ1) is 8.65. The Balaban J connectivity index is 1.74. The number of thiazole rings is 1. The molecule has 18 heavy (non-hydrogen) atoms. The van der Waals surface area contributed by atoms with Crippen LogP contribution < -0.4 is 5.32 Å². The topological polar surface area (TPSA) is 24.9 Å². The molecule has 2 nitrogen and oxygen atoms in total. The lowest BCUT2D eigenvalue weighted by Crippen LogP contribution is -2.16. The number of hydrogen-bond acceptors (Lipinski definition) is 3. The highest BCUT2D eigenvalue weighted by Gasteiger charge is 2.02. The van der Waals surface area contributed by atoms with E-state index in [9.17, 15) is 0 Å². The van der Waals surface area contributed by atoms with Gasteiger partial charge in [-0.2, -0.15) is 0 Å². The van der Waals surface area contributed by atoms with Gasteiger partial charge in [-0.25, -0.2) is 4.98 Å². The molecule has 1 heterocycles. The molecular weight excluding hydrogens is 264 g/mol. The van der Waals surface area contributed by atoms with E-state index in [-0.39, 0.29) is 0 Å². The average Bonchev–Trinajstić information content (AvgIpc) is 2.67. The van der Waals surface area contributed by atoms with Gasteiger partial charge in [-0.15, -0.1) is 11.3 Å². The van der Waals surface area contributed by atoms with Crippen molar-refractivity contribution in [1.82, 2.24) is 10.3 Å². The van der Waals surface area contributed by atoms with Crippen molar-refractivity contribution in [3.8, 4) is 0 Å². The molecule has 0 aliphatic carbocycles. The Hall–Kier alpha value is -0.900. The Bertz CT molecular complexity index is 486. The van der Waals surface area contributed by atoms with E-state index in [1.54, 1.807) is 11.3 Å². The monoisotopic (exact) mass is 280 g/mol. The zero-order valence-electron chi connectivity index (χ0n) is 10.7. The molecule has 0 saturated carbocycles. The number of halogens is 1. The molecule has 0 radical (unpaired) electrons. The molecule has 0 fully saturated rings. The molecular formula is C14H17ClN2S. The number of rotatable bonds is 5. The maximum atomic E-state index is 5.85. The molecule has 4 heteroatoms. The number of aryl methyl sites for hydroxylation is 2. The molecule has 1 aromatic carbocycles. The summed E-state index contributed by atoms with van der Waals surface area (Å²) in [5.41, 5.74) is 2.45. The zero-order chi connectivity index (χ0) is 13.0. The zero-order valence-corrected chi connectivity index (χ0v) is 12.2. The third-order valence-corrected chi connectivity index (χ3v) is 4.18. The molecule has 0 saturated heterocycles. The second kappa shape index (κ2) is 6.32. The van der Waals surface area contributed by atoms with Crippen LogP contribution in [-0.4, -0.2) is 11.5 Å². The Labute approximate surface area is 117 Å². The minimum absolute atomic E-state index is 0.792. The minimum atomic E-state index is 0.792. The predicted molar refractivity (Wildman–Crippen MR) is 78.5 cm³/mol. The molecule has 0 atom stereocenters. The van der Waals surface area contributed by atoms with Crippen LogP contribution in [0.3, 0.4) is 0 Å². The average molecular weight is 281 g/mol. The summed E-state index contributed by atoms with van der Waals surface area (Å²) in [6.07, 6.45) is 1.01. The molecule has 0 aliphatic rings. The molecule has 0 bridgehead atoms. The van der Waals surface area contributed by atoms with Gasteiger partial charge in [0.05, 0.1) is 5.69 Å². The Morgan fingerprint density at radius 3 is 2.56 bits per heavy atom. The van der Waals surface area contributed by atoms with Gasteiger partial charge >= 0.3 is 0 Å². The Morgan fingerprint density at radius 2 is 1.94 bits per heavy atom.